The molecule has 0 unspecified atom stereocenters. The molecule has 2 aromatic rings. The minimum Gasteiger partial charge on any atom is -0.504 e. The fourth-order valence-electron chi connectivity index (χ4n) is 2.07. The number of para-hydroxylation sites is 1. The summed E-state index contributed by atoms with van der Waals surface area (Å²) < 4.78 is 15.4. The van der Waals surface area contributed by atoms with Crippen LogP contribution in [-0.2, 0) is 0 Å². The standard InChI is InChI=1S/C16H14N2O5/c1-21-13-4-2-3-11(15(13)19)8-17-18-16(20)10-5-6-12-14(7-10)23-9-22-12/h2-8,19H,9H2,1H3,(H,18,20)/b17-8+. The van der Waals surface area contributed by atoms with Gasteiger partial charge in [0.25, 0.3) is 5.91 Å². The van der Waals surface area contributed by atoms with E-state index >= 15 is 0 Å². The summed E-state index contributed by atoms with van der Waals surface area (Å²) in [6.07, 6.45) is 1.34. The number of fused-ring (bicyclic) bond motifs is 1. The molecule has 0 saturated carbocycles. The van der Waals surface area contributed by atoms with Crippen molar-refractivity contribution in [2.45, 2.75) is 0 Å². The fourth-order valence-corrected chi connectivity index (χ4v) is 2.07. The number of hydrogen-bond donors (Lipinski definition) is 2. The molecule has 7 nitrogen and oxygen atoms in total. The predicted molar refractivity (Wildman–Crippen MR) is 82.3 cm³/mol. The number of carbonyl (C=O) groups excluding carboxylic acids is 1. The Hall–Kier alpha value is -3.22. The Morgan fingerprint density at radius 1 is 1.30 bits per heavy atom. The summed E-state index contributed by atoms with van der Waals surface area (Å²) in [6, 6.07) is 9.83. The maximum absolute atomic E-state index is 12.0. The van der Waals surface area contributed by atoms with Gasteiger partial charge in [0.2, 0.25) is 6.79 Å². The maximum Gasteiger partial charge on any atom is 0.271 e. The van der Waals surface area contributed by atoms with Gasteiger partial charge < -0.3 is 19.3 Å². The summed E-state index contributed by atoms with van der Waals surface area (Å²) in [4.78, 5) is 12.0. The topological polar surface area (TPSA) is 89.4 Å². The lowest BCUT2D eigenvalue weighted by Gasteiger charge is -2.05. The number of nitrogens with zero attached hydrogens (tertiary/aromatic N) is 1. The molecule has 0 spiro atoms. The van der Waals surface area contributed by atoms with E-state index in [0.29, 0.717) is 28.4 Å². The second-order valence-electron chi connectivity index (χ2n) is 4.67. The van der Waals surface area contributed by atoms with Gasteiger partial charge in [0.05, 0.1) is 13.3 Å². The molecule has 0 fully saturated rings. The van der Waals surface area contributed by atoms with Crippen LogP contribution in [0.25, 0.3) is 0 Å². The normalized spacial score (nSPS) is 12.4. The monoisotopic (exact) mass is 314 g/mol. The van der Waals surface area contributed by atoms with Crippen LogP contribution in [0.15, 0.2) is 41.5 Å². The third-order valence-electron chi connectivity index (χ3n) is 3.25. The highest BCUT2D eigenvalue weighted by Gasteiger charge is 2.15. The third-order valence-corrected chi connectivity index (χ3v) is 3.25. The number of ether oxygens (including phenoxy) is 3. The van der Waals surface area contributed by atoms with E-state index in [1.165, 1.54) is 13.3 Å². The van der Waals surface area contributed by atoms with E-state index in [0.717, 1.165) is 0 Å². The van der Waals surface area contributed by atoms with Crippen molar-refractivity contribution < 1.29 is 24.1 Å². The summed E-state index contributed by atoms with van der Waals surface area (Å²) in [5, 5.41) is 13.8. The van der Waals surface area contributed by atoms with Crippen LogP contribution in [0.2, 0.25) is 0 Å². The average Bonchev–Trinajstić information content (AvgIpc) is 3.04. The number of amides is 1. The van der Waals surface area contributed by atoms with E-state index in [1.54, 1.807) is 36.4 Å². The molecular weight excluding hydrogens is 300 g/mol. The van der Waals surface area contributed by atoms with Gasteiger partial charge in [-0.1, -0.05) is 6.07 Å². The van der Waals surface area contributed by atoms with E-state index in [2.05, 4.69) is 10.5 Å². The van der Waals surface area contributed by atoms with Crippen LogP contribution in [0.1, 0.15) is 15.9 Å². The second kappa shape index (κ2) is 6.27. The van der Waals surface area contributed by atoms with Crippen molar-refractivity contribution >= 4 is 12.1 Å². The second-order valence-corrected chi connectivity index (χ2v) is 4.67. The molecular formula is C16H14N2O5. The van der Waals surface area contributed by atoms with Crippen molar-refractivity contribution in [3.05, 3.63) is 47.5 Å². The number of hydrogen-bond acceptors (Lipinski definition) is 6. The zero-order valence-electron chi connectivity index (χ0n) is 12.3. The van der Waals surface area contributed by atoms with Crippen molar-refractivity contribution in [3.8, 4) is 23.0 Å². The molecule has 0 radical (unpaired) electrons. The SMILES string of the molecule is COc1cccc(/C=N/NC(=O)c2ccc3c(c2)OCO3)c1O. The number of rotatable bonds is 4. The summed E-state index contributed by atoms with van der Waals surface area (Å²) in [5.41, 5.74) is 3.20. The van der Waals surface area contributed by atoms with Crippen LogP contribution in [0, 0.1) is 0 Å². The van der Waals surface area contributed by atoms with E-state index in [9.17, 15) is 9.90 Å². The first-order valence-corrected chi connectivity index (χ1v) is 6.78. The van der Waals surface area contributed by atoms with Gasteiger partial charge in [-0.2, -0.15) is 5.10 Å². The van der Waals surface area contributed by atoms with Crippen molar-refractivity contribution in [2.24, 2.45) is 5.10 Å². The van der Waals surface area contributed by atoms with Crippen LogP contribution < -0.4 is 19.6 Å². The number of methoxy groups -OCH3 is 1. The fraction of sp³-hybridized carbons (Fsp3) is 0.125. The number of hydrazone groups is 1. The average molecular weight is 314 g/mol. The predicted octanol–water partition coefficient (Wildman–Crippen LogP) is 1.89. The zero-order valence-corrected chi connectivity index (χ0v) is 12.3. The molecule has 1 amide bonds. The van der Waals surface area contributed by atoms with Gasteiger partial charge in [-0.3, -0.25) is 4.79 Å². The first-order valence-electron chi connectivity index (χ1n) is 6.78. The highest BCUT2D eigenvalue weighted by Crippen LogP contribution is 2.32. The van der Waals surface area contributed by atoms with Gasteiger partial charge in [0, 0.05) is 11.1 Å². The maximum atomic E-state index is 12.0. The van der Waals surface area contributed by atoms with Crippen LogP contribution in [-0.4, -0.2) is 31.1 Å². The molecule has 0 aliphatic carbocycles. The molecule has 3 rings (SSSR count). The number of phenols is 1. The first-order chi connectivity index (χ1) is 11.2. The molecule has 0 bridgehead atoms. The summed E-state index contributed by atoms with van der Waals surface area (Å²) in [7, 11) is 1.46. The van der Waals surface area contributed by atoms with Crippen molar-refractivity contribution in [2.75, 3.05) is 13.9 Å². The highest BCUT2D eigenvalue weighted by atomic mass is 16.7. The van der Waals surface area contributed by atoms with E-state index in [4.69, 9.17) is 14.2 Å². The van der Waals surface area contributed by atoms with E-state index in [-0.39, 0.29) is 12.5 Å². The minimum absolute atomic E-state index is 0.0453. The number of phenolic OH excluding ortho intramolecular Hbond substituents is 1. The third kappa shape index (κ3) is 3.03. The lowest BCUT2D eigenvalue weighted by Crippen LogP contribution is -2.17. The van der Waals surface area contributed by atoms with E-state index < -0.39 is 5.91 Å². The molecule has 0 saturated heterocycles. The Kier molecular flexibility index (Phi) is 4.01. The van der Waals surface area contributed by atoms with Gasteiger partial charge in [-0.15, -0.1) is 0 Å². The van der Waals surface area contributed by atoms with Crippen LogP contribution in [0.3, 0.4) is 0 Å². The van der Waals surface area contributed by atoms with Gasteiger partial charge in [-0.25, -0.2) is 5.43 Å². The molecule has 2 N–H and O–H groups in total. The largest absolute Gasteiger partial charge is 0.504 e. The summed E-state index contributed by atoms with van der Waals surface area (Å²) in [6.45, 7) is 0.147. The summed E-state index contributed by atoms with van der Waals surface area (Å²) in [5.74, 6) is 1.01. The van der Waals surface area contributed by atoms with Gasteiger partial charge in [-0.05, 0) is 30.3 Å². The quantitative estimate of drug-likeness (QED) is 0.664. The molecule has 1 aliphatic heterocycles. The van der Waals surface area contributed by atoms with Crippen LogP contribution in [0.5, 0.6) is 23.0 Å². The van der Waals surface area contributed by atoms with Gasteiger partial charge >= 0.3 is 0 Å². The molecule has 118 valence electrons. The Bertz CT molecular complexity index is 773. The lowest BCUT2D eigenvalue weighted by molar-refractivity contribution is 0.0954. The van der Waals surface area contributed by atoms with Crippen LogP contribution in [0.4, 0.5) is 0 Å². The summed E-state index contributed by atoms with van der Waals surface area (Å²) >= 11 is 0. The minimum atomic E-state index is -0.401. The smallest absolute Gasteiger partial charge is 0.271 e. The lowest BCUT2D eigenvalue weighted by atomic mass is 10.2. The number of nitrogens with one attached hydrogen (secondary N) is 1. The molecule has 1 heterocycles. The van der Waals surface area contributed by atoms with Gasteiger partial charge in [0.15, 0.2) is 23.0 Å². The Balaban J connectivity index is 1.69. The zero-order chi connectivity index (χ0) is 16.2. The molecule has 23 heavy (non-hydrogen) atoms. The number of carbonyl (C=O) groups is 1. The molecule has 7 heteroatoms. The highest BCUT2D eigenvalue weighted by molar-refractivity contribution is 5.95. The van der Waals surface area contributed by atoms with Crippen molar-refractivity contribution in [3.63, 3.8) is 0 Å². The number of benzene rings is 2. The molecule has 0 aromatic heterocycles. The van der Waals surface area contributed by atoms with Crippen molar-refractivity contribution in [1.29, 1.82) is 0 Å². The molecule has 2 aromatic carbocycles. The van der Waals surface area contributed by atoms with Gasteiger partial charge in [0.1, 0.15) is 0 Å². The Morgan fingerprint density at radius 3 is 2.96 bits per heavy atom. The van der Waals surface area contributed by atoms with Crippen LogP contribution >= 0.6 is 0 Å². The molecule has 0 atom stereocenters. The Morgan fingerprint density at radius 2 is 2.13 bits per heavy atom. The molecule has 1 aliphatic rings. The Labute approximate surface area is 132 Å². The van der Waals surface area contributed by atoms with Crippen molar-refractivity contribution in [1.82, 2.24) is 5.43 Å². The first kappa shape index (κ1) is 14.7. The number of aromatic hydroxyl groups is 1. The van der Waals surface area contributed by atoms with E-state index in [1.807, 2.05) is 0 Å².